The van der Waals surface area contributed by atoms with E-state index in [0.717, 1.165) is 18.6 Å². The second-order valence-electron chi connectivity index (χ2n) is 7.44. The van der Waals surface area contributed by atoms with Gasteiger partial charge in [0.25, 0.3) is 5.91 Å². The van der Waals surface area contributed by atoms with Gasteiger partial charge in [-0.05, 0) is 38.8 Å². The first-order chi connectivity index (χ1) is 15.0. The number of nitrogens with one attached hydrogen (secondary N) is 1. The van der Waals surface area contributed by atoms with E-state index in [-0.39, 0.29) is 17.9 Å². The number of ether oxygens (including phenoxy) is 2. The zero-order valence-corrected chi connectivity index (χ0v) is 17.8. The van der Waals surface area contributed by atoms with E-state index in [2.05, 4.69) is 25.5 Å². The maximum absolute atomic E-state index is 12.9. The van der Waals surface area contributed by atoms with E-state index in [9.17, 15) is 4.79 Å². The molecule has 0 atom stereocenters. The Hall–Kier alpha value is -3.53. The highest BCUT2D eigenvalue weighted by Crippen LogP contribution is 2.24. The van der Waals surface area contributed by atoms with Gasteiger partial charge in [-0.25, -0.2) is 9.50 Å². The Morgan fingerprint density at radius 2 is 2.10 bits per heavy atom. The molecule has 1 aliphatic rings. The van der Waals surface area contributed by atoms with Crippen molar-refractivity contribution in [3.8, 4) is 5.88 Å². The number of hydrogen-bond donors (Lipinski definition) is 1. The predicted octanol–water partition coefficient (Wildman–Crippen LogP) is 2.85. The predicted molar refractivity (Wildman–Crippen MR) is 115 cm³/mol. The first kappa shape index (κ1) is 20.7. The molecule has 1 amide bonds. The molecule has 31 heavy (non-hydrogen) atoms. The molecule has 0 saturated carbocycles. The SMILES string of the molecule is C1CCOC1.CC(C)Oc1nc2nn(C)cc2cc1C(=O)Nc1cnn2cccnc12. The Bertz CT molecular complexity index is 1190. The number of hydrogen-bond acceptors (Lipinski definition) is 7. The van der Waals surface area contributed by atoms with E-state index >= 15 is 0 Å². The number of carbonyl (C=O) groups is 1. The van der Waals surface area contributed by atoms with Gasteiger partial charge in [-0.2, -0.15) is 15.2 Å². The molecule has 1 aliphatic heterocycles. The van der Waals surface area contributed by atoms with Crippen LogP contribution in [0.4, 0.5) is 5.69 Å². The van der Waals surface area contributed by atoms with Crippen LogP contribution in [0.3, 0.4) is 0 Å². The van der Waals surface area contributed by atoms with Gasteiger partial charge in [0.2, 0.25) is 5.88 Å². The maximum Gasteiger partial charge on any atom is 0.261 e. The van der Waals surface area contributed by atoms with Crippen molar-refractivity contribution in [2.24, 2.45) is 7.05 Å². The Morgan fingerprint density at radius 3 is 2.81 bits per heavy atom. The molecule has 162 valence electrons. The molecule has 4 aromatic heterocycles. The summed E-state index contributed by atoms with van der Waals surface area (Å²) in [5.41, 5.74) is 1.92. The van der Waals surface area contributed by atoms with Crippen molar-refractivity contribution in [2.75, 3.05) is 18.5 Å². The van der Waals surface area contributed by atoms with Crippen molar-refractivity contribution >= 4 is 28.3 Å². The largest absolute Gasteiger partial charge is 0.474 e. The Balaban J connectivity index is 0.000000407. The van der Waals surface area contributed by atoms with Gasteiger partial charge in [0.1, 0.15) is 11.3 Å². The summed E-state index contributed by atoms with van der Waals surface area (Å²) in [6, 6.07) is 3.49. The number of carbonyl (C=O) groups excluding carboxylic acids is 1. The molecular weight excluding hydrogens is 398 g/mol. The second kappa shape index (κ2) is 9.09. The van der Waals surface area contributed by atoms with Gasteiger partial charge in [-0.15, -0.1) is 0 Å². The van der Waals surface area contributed by atoms with Crippen molar-refractivity contribution in [3.63, 3.8) is 0 Å². The summed E-state index contributed by atoms with van der Waals surface area (Å²) in [7, 11) is 1.80. The quantitative estimate of drug-likeness (QED) is 0.538. The van der Waals surface area contributed by atoms with Crippen LogP contribution in [0, 0.1) is 0 Å². The average Bonchev–Trinajstić information content (AvgIpc) is 3.49. The molecule has 10 heteroatoms. The first-order valence-electron chi connectivity index (χ1n) is 10.2. The van der Waals surface area contributed by atoms with E-state index in [1.165, 1.54) is 12.8 Å². The van der Waals surface area contributed by atoms with Gasteiger partial charge in [0.15, 0.2) is 11.3 Å². The Labute approximate surface area is 179 Å². The number of aromatic nitrogens is 6. The summed E-state index contributed by atoms with van der Waals surface area (Å²) >= 11 is 0. The third-order valence-electron chi connectivity index (χ3n) is 4.52. The van der Waals surface area contributed by atoms with E-state index in [1.807, 2.05) is 13.8 Å². The minimum Gasteiger partial charge on any atom is -0.474 e. The third-order valence-corrected chi connectivity index (χ3v) is 4.52. The zero-order valence-electron chi connectivity index (χ0n) is 17.8. The summed E-state index contributed by atoms with van der Waals surface area (Å²) in [6.45, 7) is 5.75. The Kier molecular flexibility index (Phi) is 6.08. The zero-order chi connectivity index (χ0) is 21.8. The van der Waals surface area contributed by atoms with Crippen LogP contribution in [0.15, 0.2) is 36.9 Å². The minimum atomic E-state index is -0.348. The summed E-state index contributed by atoms with van der Waals surface area (Å²) in [4.78, 5) is 21.5. The number of aryl methyl sites for hydroxylation is 1. The van der Waals surface area contributed by atoms with Gasteiger partial charge >= 0.3 is 0 Å². The molecule has 0 aromatic carbocycles. The molecule has 1 fully saturated rings. The topological polar surface area (TPSA) is 108 Å². The van der Waals surface area contributed by atoms with Crippen LogP contribution >= 0.6 is 0 Å². The van der Waals surface area contributed by atoms with Gasteiger partial charge in [-0.1, -0.05) is 0 Å². The van der Waals surface area contributed by atoms with Crippen LogP contribution in [0.5, 0.6) is 5.88 Å². The van der Waals surface area contributed by atoms with Crippen molar-refractivity contribution < 1.29 is 14.3 Å². The van der Waals surface area contributed by atoms with Gasteiger partial charge in [-0.3, -0.25) is 9.48 Å². The van der Waals surface area contributed by atoms with E-state index in [4.69, 9.17) is 9.47 Å². The average molecular weight is 423 g/mol. The second-order valence-corrected chi connectivity index (χ2v) is 7.44. The van der Waals surface area contributed by atoms with Crippen molar-refractivity contribution in [2.45, 2.75) is 32.8 Å². The summed E-state index contributed by atoms with van der Waals surface area (Å²) in [6.07, 6.45) is 9.18. The lowest BCUT2D eigenvalue weighted by Crippen LogP contribution is -2.17. The number of rotatable bonds is 4. The molecule has 10 nitrogen and oxygen atoms in total. The standard InChI is InChI=1S/C17H17N7O2.C4H8O/c1-10(2)26-17-12(7-11-9-23(3)22-14(11)21-17)16(25)20-13-8-19-24-6-4-5-18-15(13)24;1-2-4-5-3-1/h4-10H,1-3H3,(H,20,25);1-4H2. The van der Waals surface area contributed by atoms with Crippen LogP contribution < -0.4 is 10.1 Å². The molecule has 5 heterocycles. The molecule has 5 rings (SSSR count). The third kappa shape index (κ3) is 4.80. The molecule has 0 bridgehead atoms. The fraction of sp³-hybridized carbons (Fsp3) is 0.381. The van der Waals surface area contributed by atoms with Crippen LogP contribution in [-0.2, 0) is 11.8 Å². The number of nitrogens with zero attached hydrogens (tertiary/aromatic N) is 6. The number of anilines is 1. The first-order valence-corrected chi connectivity index (χ1v) is 10.2. The normalized spacial score (nSPS) is 13.4. The lowest BCUT2D eigenvalue weighted by atomic mass is 10.2. The summed E-state index contributed by atoms with van der Waals surface area (Å²) in [5.74, 6) is -0.104. The van der Waals surface area contributed by atoms with Gasteiger partial charge in [0.05, 0.1) is 12.3 Å². The van der Waals surface area contributed by atoms with Crippen LogP contribution in [0.2, 0.25) is 0 Å². The van der Waals surface area contributed by atoms with Crippen molar-refractivity contribution in [1.29, 1.82) is 0 Å². The lowest BCUT2D eigenvalue weighted by molar-refractivity contribution is 0.102. The highest BCUT2D eigenvalue weighted by Gasteiger charge is 2.20. The van der Waals surface area contributed by atoms with Crippen LogP contribution in [0.25, 0.3) is 16.7 Å². The molecule has 1 N–H and O–H groups in total. The monoisotopic (exact) mass is 423 g/mol. The molecule has 0 aliphatic carbocycles. The van der Waals surface area contributed by atoms with E-state index in [1.54, 1.807) is 53.2 Å². The molecule has 4 aromatic rings. The highest BCUT2D eigenvalue weighted by atomic mass is 16.5. The minimum absolute atomic E-state index is 0.131. The van der Waals surface area contributed by atoms with Gasteiger partial charge in [0, 0.05) is 44.2 Å². The molecule has 0 spiro atoms. The fourth-order valence-corrected chi connectivity index (χ4v) is 3.15. The number of pyridine rings is 1. The summed E-state index contributed by atoms with van der Waals surface area (Å²) in [5, 5.41) is 12.0. The maximum atomic E-state index is 12.9. The Morgan fingerprint density at radius 1 is 1.29 bits per heavy atom. The molecule has 0 radical (unpaired) electrons. The lowest BCUT2D eigenvalue weighted by Gasteiger charge is -2.12. The number of fused-ring (bicyclic) bond motifs is 2. The molecular formula is C21H25N7O3. The van der Waals surface area contributed by atoms with E-state index < -0.39 is 0 Å². The number of amides is 1. The van der Waals surface area contributed by atoms with Crippen LogP contribution in [0.1, 0.15) is 37.0 Å². The van der Waals surface area contributed by atoms with Crippen molar-refractivity contribution in [1.82, 2.24) is 29.4 Å². The van der Waals surface area contributed by atoms with Gasteiger partial charge < -0.3 is 14.8 Å². The van der Waals surface area contributed by atoms with Crippen LogP contribution in [-0.4, -0.2) is 54.6 Å². The fourth-order valence-electron chi connectivity index (χ4n) is 3.15. The smallest absolute Gasteiger partial charge is 0.261 e. The van der Waals surface area contributed by atoms with Crippen molar-refractivity contribution in [3.05, 3.63) is 42.5 Å². The highest BCUT2D eigenvalue weighted by molar-refractivity contribution is 6.08. The molecule has 1 saturated heterocycles. The summed E-state index contributed by atoms with van der Waals surface area (Å²) < 4.78 is 13.9. The molecule has 0 unspecified atom stereocenters. The van der Waals surface area contributed by atoms with E-state index in [0.29, 0.717) is 22.5 Å².